The van der Waals surface area contributed by atoms with Crippen molar-refractivity contribution in [3.05, 3.63) is 35.9 Å². The van der Waals surface area contributed by atoms with E-state index in [0.717, 1.165) is 32.0 Å². The lowest BCUT2D eigenvalue weighted by Gasteiger charge is -2.24. The minimum Gasteiger partial charge on any atom is -0.357 e. The van der Waals surface area contributed by atoms with Crippen LogP contribution in [0.3, 0.4) is 0 Å². The molecule has 0 amide bonds. The normalized spacial score (nSPS) is 12.2. The van der Waals surface area contributed by atoms with Crippen molar-refractivity contribution >= 4 is 29.9 Å². The average Bonchev–Trinajstić information content (AvgIpc) is 2.53. The van der Waals surface area contributed by atoms with E-state index in [1.54, 1.807) is 0 Å². The number of hydrogen-bond donors (Lipinski definition) is 2. The van der Waals surface area contributed by atoms with Gasteiger partial charge in [-0.1, -0.05) is 36.3 Å². The third kappa shape index (κ3) is 9.47. The number of aliphatic imine (C=N–C) groups is 1. The molecule has 23 heavy (non-hydrogen) atoms. The highest BCUT2D eigenvalue weighted by Crippen LogP contribution is 2.08. The van der Waals surface area contributed by atoms with E-state index in [1.165, 1.54) is 5.56 Å². The topological polar surface area (TPSA) is 39.7 Å². The number of nitrogens with one attached hydrogen (secondary N) is 2. The molecule has 0 aliphatic rings. The summed E-state index contributed by atoms with van der Waals surface area (Å²) >= 11 is 0. The summed E-state index contributed by atoms with van der Waals surface area (Å²) in [7, 11) is 2.16. The Morgan fingerprint density at radius 3 is 2.61 bits per heavy atom. The third-order valence-corrected chi connectivity index (χ3v) is 3.55. The van der Waals surface area contributed by atoms with Gasteiger partial charge in [-0.2, -0.15) is 0 Å². The molecule has 4 nitrogen and oxygen atoms in total. The zero-order chi connectivity index (χ0) is 16.2. The van der Waals surface area contributed by atoms with Gasteiger partial charge in [0.25, 0.3) is 0 Å². The number of halogens is 1. The van der Waals surface area contributed by atoms with Gasteiger partial charge in [0.1, 0.15) is 0 Å². The highest BCUT2D eigenvalue weighted by Gasteiger charge is 2.09. The number of guanidine groups is 1. The summed E-state index contributed by atoms with van der Waals surface area (Å²) in [6.45, 7) is 7.35. The molecule has 2 N–H and O–H groups in total. The van der Waals surface area contributed by atoms with Crippen LogP contribution in [-0.4, -0.2) is 43.6 Å². The average molecular weight is 428 g/mol. The summed E-state index contributed by atoms with van der Waals surface area (Å²) in [6.07, 6.45) is 6.27. The summed E-state index contributed by atoms with van der Waals surface area (Å²) in [6, 6.07) is 11.0. The fraction of sp³-hybridized carbons (Fsp3) is 0.500. The molecule has 1 rings (SSSR count). The zero-order valence-corrected chi connectivity index (χ0v) is 16.7. The van der Waals surface area contributed by atoms with E-state index >= 15 is 0 Å². The lowest BCUT2D eigenvalue weighted by Crippen LogP contribution is -2.37. The van der Waals surface area contributed by atoms with Gasteiger partial charge in [0, 0.05) is 25.7 Å². The Kier molecular flexibility index (Phi) is 12.5. The molecule has 0 aliphatic heterocycles. The van der Waals surface area contributed by atoms with Crippen molar-refractivity contribution in [3.8, 4) is 12.3 Å². The Hall–Kier alpha value is -1.26. The Morgan fingerprint density at radius 1 is 1.30 bits per heavy atom. The van der Waals surface area contributed by atoms with E-state index in [-0.39, 0.29) is 24.0 Å². The van der Waals surface area contributed by atoms with E-state index in [1.807, 2.05) is 13.0 Å². The summed E-state index contributed by atoms with van der Waals surface area (Å²) < 4.78 is 0. The molecule has 0 spiro atoms. The van der Waals surface area contributed by atoms with Crippen LogP contribution >= 0.6 is 24.0 Å². The van der Waals surface area contributed by atoms with E-state index in [2.05, 4.69) is 64.7 Å². The molecule has 0 aliphatic carbocycles. The number of nitrogens with zero attached hydrogens (tertiary/aromatic N) is 2. The Balaban J connectivity index is 0.00000484. The van der Waals surface area contributed by atoms with E-state index in [4.69, 9.17) is 6.42 Å². The van der Waals surface area contributed by atoms with E-state index in [0.29, 0.717) is 12.6 Å². The Morgan fingerprint density at radius 2 is 2.00 bits per heavy atom. The lowest BCUT2D eigenvalue weighted by molar-refractivity contribution is 0.240. The predicted molar refractivity (Wildman–Crippen MR) is 110 cm³/mol. The Bertz CT molecular complexity index is 482. The van der Waals surface area contributed by atoms with Gasteiger partial charge in [-0.05, 0) is 32.9 Å². The molecule has 1 atom stereocenters. The lowest BCUT2D eigenvalue weighted by atomic mass is 10.1. The first kappa shape index (κ1) is 21.7. The molecule has 1 unspecified atom stereocenters. The maximum atomic E-state index is 5.26. The Labute approximate surface area is 158 Å². The molecule has 0 saturated carbocycles. The van der Waals surface area contributed by atoms with Crippen LogP contribution in [-0.2, 0) is 6.54 Å². The first-order chi connectivity index (χ1) is 10.7. The molecular weight excluding hydrogens is 399 g/mol. The molecule has 0 heterocycles. The second-order valence-electron chi connectivity index (χ2n) is 5.36. The van der Waals surface area contributed by atoms with Gasteiger partial charge in [0.05, 0.1) is 6.54 Å². The second-order valence-corrected chi connectivity index (χ2v) is 5.36. The van der Waals surface area contributed by atoms with Gasteiger partial charge in [-0.15, -0.1) is 30.4 Å². The third-order valence-electron chi connectivity index (χ3n) is 3.55. The standard InChI is InChI=1S/C18H28N4.HI/c1-5-13-20-18(19-6-2)21-14-12-16(3)22(4)15-17-10-8-7-9-11-17;/h1,7-11,16H,6,12-15H2,2-4H3,(H2,19,20,21);1H. The van der Waals surface area contributed by atoms with Gasteiger partial charge in [0.15, 0.2) is 5.96 Å². The summed E-state index contributed by atoms with van der Waals surface area (Å²) in [5.41, 5.74) is 1.34. The van der Waals surface area contributed by atoms with Crippen molar-refractivity contribution in [3.63, 3.8) is 0 Å². The van der Waals surface area contributed by atoms with Crippen LogP contribution in [0, 0.1) is 12.3 Å². The fourth-order valence-corrected chi connectivity index (χ4v) is 2.09. The van der Waals surface area contributed by atoms with Crippen molar-refractivity contribution in [2.24, 2.45) is 4.99 Å². The number of rotatable bonds is 8. The van der Waals surface area contributed by atoms with Crippen LogP contribution in [0.15, 0.2) is 35.3 Å². The van der Waals surface area contributed by atoms with E-state index in [9.17, 15) is 0 Å². The van der Waals surface area contributed by atoms with Crippen molar-refractivity contribution in [1.82, 2.24) is 15.5 Å². The van der Waals surface area contributed by atoms with Crippen LogP contribution in [0.1, 0.15) is 25.8 Å². The molecule has 0 fully saturated rings. The van der Waals surface area contributed by atoms with E-state index < -0.39 is 0 Å². The highest BCUT2D eigenvalue weighted by atomic mass is 127. The number of hydrogen-bond acceptors (Lipinski definition) is 2. The number of benzene rings is 1. The van der Waals surface area contributed by atoms with Gasteiger partial charge in [-0.25, -0.2) is 0 Å². The molecular formula is C18H29IN4. The van der Waals surface area contributed by atoms with Crippen LogP contribution < -0.4 is 10.6 Å². The summed E-state index contributed by atoms with van der Waals surface area (Å²) in [5.74, 6) is 3.35. The molecule has 1 aromatic carbocycles. The van der Waals surface area contributed by atoms with Crippen molar-refractivity contribution < 1.29 is 0 Å². The van der Waals surface area contributed by atoms with Crippen LogP contribution in [0.5, 0.6) is 0 Å². The maximum Gasteiger partial charge on any atom is 0.192 e. The van der Waals surface area contributed by atoms with Gasteiger partial charge in [0.2, 0.25) is 0 Å². The molecule has 0 bridgehead atoms. The summed E-state index contributed by atoms with van der Waals surface area (Å²) in [5, 5.41) is 6.29. The predicted octanol–water partition coefficient (Wildman–Crippen LogP) is 2.70. The quantitative estimate of drug-likeness (QED) is 0.290. The second kappa shape index (κ2) is 13.2. The largest absolute Gasteiger partial charge is 0.357 e. The van der Waals surface area contributed by atoms with Gasteiger partial charge in [-0.3, -0.25) is 9.89 Å². The fourth-order valence-electron chi connectivity index (χ4n) is 2.09. The molecule has 5 heteroatoms. The maximum absolute atomic E-state index is 5.26. The van der Waals surface area contributed by atoms with Gasteiger partial charge >= 0.3 is 0 Å². The smallest absolute Gasteiger partial charge is 0.192 e. The molecule has 1 aromatic rings. The van der Waals surface area contributed by atoms with Crippen LogP contribution in [0.4, 0.5) is 0 Å². The minimum absolute atomic E-state index is 0. The molecule has 0 radical (unpaired) electrons. The zero-order valence-electron chi connectivity index (χ0n) is 14.4. The van der Waals surface area contributed by atoms with Crippen molar-refractivity contribution in [2.75, 3.05) is 26.7 Å². The number of terminal acetylenes is 1. The summed E-state index contributed by atoms with van der Waals surface area (Å²) in [4.78, 5) is 6.91. The highest BCUT2D eigenvalue weighted by molar-refractivity contribution is 14.0. The molecule has 0 saturated heterocycles. The first-order valence-corrected chi connectivity index (χ1v) is 7.87. The van der Waals surface area contributed by atoms with Gasteiger partial charge < -0.3 is 10.6 Å². The SMILES string of the molecule is C#CCNC(=NCCC(C)N(C)Cc1ccccc1)NCC.I. The minimum atomic E-state index is 0. The van der Waals surface area contributed by atoms with Crippen molar-refractivity contribution in [2.45, 2.75) is 32.9 Å². The van der Waals surface area contributed by atoms with Crippen molar-refractivity contribution in [1.29, 1.82) is 0 Å². The van der Waals surface area contributed by atoms with Crippen LogP contribution in [0.25, 0.3) is 0 Å². The first-order valence-electron chi connectivity index (χ1n) is 7.87. The molecule has 0 aromatic heterocycles. The molecule has 128 valence electrons. The van der Waals surface area contributed by atoms with Crippen LogP contribution in [0.2, 0.25) is 0 Å². The monoisotopic (exact) mass is 428 g/mol.